The van der Waals surface area contributed by atoms with E-state index in [9.17, 15) is 0 Å². The first-order valence-corrected chi connectivity index (χ1v) is 3.12. The average molecular weight is 149 g/mol. The number of hydrogen-bond donors (Lipinski definition) is 0. The van der Waals surface area contributed by atoms with E-state index in [4.69, 9.17) is 10.00 Å². The zero-order chi connectivity index (χ0) is 8.85. The molecule has 58 valence electrons. The van der Waals surface area contributed by atoms with Crippen LogP contribution in [0.3, 0.4) is 0 Å². The van der Waals surface area contributed by atoms with Crippen LogP contribution in [0.25, 0.3) is 0 Å². The van der Waals surface area contributed by atoms with Crippen molar-refractivity contribution in [2.45, 2.75) is 6.92 Å². The highest BCUT2D eigenvalue weighted by Gasteiger charge is 1.94. The van der Waals surface area contributed by atoms with Gasteiger partial charge < -0.3 is 4.74 Å². The average Bonchev–Trinajstić information content (AvgIpc) is 2.02. The smallest absolute Gasteiger partial charge is 0.112 e. The predicted octanol–water partition coefficient (Wildman–Crippen LogP) is 2.17. The fraction of sp³-hybridized carbons (Fsp3) is 0.222. The van der Waals surface area contributed by atoms with E-state index in [0.29, 0.717) is 11.3 Å². The van der Waals surface area contributed by atoms with Gasteiger partial charge in [-0.25, -0.2) is 0 Å². The molecule has 0 bridgehead atoms. The molecule has 0 aromatic heterocycles. The van der Waals surface area contributed by atoms with Crippen LogP contribution in [0.4, 0.5) is 0 Å². The largest absolute Gasteiger partial charge is 0.497 e. The quantitative estimate of drug-likeness (QED) is 0.350. The number of ether oxygens (including phenoxy) is 1. The Balaban J connectivity index is 4.37. The molecule has 0 rings (SSSR count). The minimum absolute atomic E-state index is 0.434. The molecule has 0 saturated heterocycles. The van der Waals surface area contributed by atoms with Gasteiger partial charge in [-0.05, 0) is 18.6 Å². The highest BCUT2D eigenvalue weighted by Crippen LogP contribution is 2.08. The molecule has 11 heavy (non-hydrogen) atoms. The molecule has 0 amide bonds. The van der Waals surface area contributed by atoms with Crippen LogP contribution in [0, 0.1) is 11.3 Å². The van der Waals surface area contributed by atoms with Crippen LogP contribution in [0.15, 0.2) is 36.1 Å². The van der Waals surface area contributed by atoms with Gasteiger partial charge in [-0.2, -0.15) is 5.26 Å². The van der Waals surface area contributed by atoms with Crippen LogP contribution in [0.2, 0.25) is 0 Å². The van der Waals surface area contributed by atoms with Crippen molar-refractivity contribution in [3.8, 4) is 6.07 Å². The minimum atomic E-state index is 0.434. The first-order chi connectivity index (χ1) is 5.11. The Labute approximate surface area is 67.1 Å². The molecule has 2 nitrogen and oxygen atoms in total. The number of hydrogen-bond acceptors (Lipinski definition) is 2. The SMILES string of the molecule is C=C(/C=C(/C)C(=C)C#N)OC. The lowest BCUT2D eigenvalue weighted by atomic mass is 10.1. The van der Waals surface area contributed by atoms with E-state index >= 15 is 0 Å². The first kappa shape index (κ1) is 9.51. The monoisotopic (exact) mass is 149 g/mol. The van der Waals surface area contributed by atoms with Gasteiger partial charge in [0, 0.05) is 5.57 Å². The standard InChI is InChI=1S/C9H11NO/c1-7(8(2)6-10)5-9(3)11-4/h5H,2-3H2,1,4H3/b7-5-. The van der Waals surface area contributed by atoms with Gasteiger partial charge in [-0.1, -0.05) is 13.2 Å². The molecule has 0 aromatic rings. The van der Waals surface area contributed by atoms with E-state index in [1.165, 1.54) is 7.11 Å². The fourth-order valence-electron chi connectivity index (χ4n) is 0.476. The Morgan fingerprint density at radius 3 is 2.45 bits per heavy atom. The zero-order valence-electron chi connectivity index (χ0n) is 6.85. The van der Waals surface area contributed by atoms with Crippen molar-refractivity contribution < 1.29 is 4.74 Å². The van der Waals surface area contributed by atoms with Crippen molar-refractivity contribution in [1.29, 1.82) is 5.26 Å². The minimum Gasteiger partial charge on any atom is -0.497 e. The maximum Gasteiger partial charge on any atom is 0.112 e. The van der Waals surface area contributed by atoms with Crippen LogP contribution >= 0.6 is 0 Å². The number of nitrogens with zero attached hydrogens (tertiary/aromatic N) is 1. The van der Waals surface area contributed by atoms with Crippen LogP contribution in [0.1, 0.15) is 6.92 Å². The van der Waals surface area contributed by atoms with E-state index in [2.05, 4.69) is 13.2 Å². The molecule has 2 heteroatoms. The van der Waals surface area contributed by atoms with Crippen LogP contribution < -0.4 is 0 Å². The molecular formula is C9H11NO. The second-order valence-corrected chi connectivity index (χ2v) is 2.09. The van der Waals surface area contributed by atoms with Gasteiger partial charge in [0.05, 0.1) is 13.2 Å². The van der Waals surface area contributed by atoms with E-state index in [-0.39, 0.29) is 0 Å². The summed E-state index contributed by atoms with van der Waals surface area (Å²) in [7, 11) is 1.53. The summed E-state index contributed by atoms with van der Waals surface area (Å²) >= 11 is 0. The zero-order valence-corrected chi connectivity index (χ0v) is 6.85. The van der Waals surface area contributed by atoms with Crippen molar-refractivity contribution in [2.24, 2.45) is 0 Å². The fourth-order valence-corrected chi connectivity index (χ4v) is 0.476. The summed E-state index contributed by atoms with van der Waals surface area (Å²) in [4.78, 5) is 0. The molecule has 0 aliphatic heterocycles. The van der Waals surface area contributed by atoms with Crippen molar-refractivity contribution in [3.05, 3.63) is 36.1 Å². The molecule has 0 atom stereocenters. The second-order valence-electron chi connectivity index (χ2n) is 2.09. The number of allylic oxidation sites excluding steroid dienone is 3. The highest BCUT2D eigenvalue weighted by molar-refractivity contribution is 5.40. The van der Waals surface area contributed by atoms with Crippen LogP contribution in [-0.2, 0) is 4.74 Å². The first-order valence-electron chi connectivity index (χ1n) is 3.12. The van der Waals surface area contributed by atoms with E-state index in [1.807, 2.05) is 6.07 Å². The van der Waals surface area contributed by atoms with Gasteiger partial charge in [0.25, 0.3) is 0 Å². The van der Waals surface area contributed by atoms with Gasteiger partial charge in [-0.3, -0.25) is 0 Å². The van der Waals surface area contributed by atoms with Crippen molar-refractivity contribution in [2.75, 3.05) is 7.11 Å². The van der Waals surface area contributed by atoms with Gasteiger partial charge in [0.1, 0.15) is 5.76 Å². The molecule has 0 N–H and O–H groups in total. The molecule has 0 radical (unpaired) electrons. The summed E-state index contributed by atoms with van der Waals surface area (Å²) in [6.07, 6.45) is 1.67. The lowest BCUT2D eigenvalue weighted by Gasteiger charge is -1.98. The third kappa shape index (κ3) is 3.27. The summed E-state index contributed by atoms with van der Waals surface area (Å²) in [6, 6.07) is 1.93. The van der Waals surface area contributed by atoms with Crippen LogP contribution in [0.5, 0.6) is 0 Å². The molecule has 0 spiro atoms. The Morgan fingerprint density at radius 2 is 2.09 bits per heavy atom. The molecule has 0 aliphatic rings. The Hall–Kier alpha value is -1.49. The van der Waals surface area contributed by atoms with Crippen molar-refractivity contribution >= 4 is 0 Å². The normalized spacial score (nSPS) is 10.1. The van der Waals surface area contributed by atoms with E-state index in [0.717, 1.165) is 5.57 Å². The van der Waals surface area contributed by atoms with E-state index in [1.54, 1.807) is 13.0 Å². The van der Waals surface area contributed by atoms with Crippen LogP contribution in [-0.4, -0.2) is 7.11 Å². The summed E-state index contributed by atoms with van der Waals surface area (Å²) in [6.45, 7) is 8.90. The topological polar surface area (TPSA) is 33.0 Å². The summed E-state index contributed by atoms with van der Waals surface area (Å²) in [5, 5.41) is 8.43. The Kier molecular flexibility index (Phi) is 3.76. The number of rotatable bonds is 3. The molecule has 0 heterocycles. The maximum absolute atomic E-state index is 8.43. The lowest BCUT2D eigenvalue weighted by Crippen LogP contribution is -1.83. The highest BCUT2D eigenvalue weighted by atomic mass is 16.5. The van der Waals surface area contributed by atoms with E-state index < -0.39 is 0 Å². The molecule has 0 fully saturated rings. The summed E-state index contributed by atoms with van der Waals surface area (Å²) in [5.74, 6) is 0.527. The Bertz CT molecular complexity index is 243. The molecular weight excluding hydrogens is 138 g/mol. The lowest BCUT2D eigenvalue weighted by molar-refractivity contribution is 0.308. The maximum atomic E-state index is 8.43. The summed E-state index contributed by atoms with van der Waals surface area (Å²) in [5.41, 5.74) is 1.21. The predicted molar refractivity (Wildman–Crippen MR) is 44.7 cm³/mol. The summed E-state index contributed by atoms with van der Waals surface area (Å²) < 4.78 is 4.79. The molecule has 0 aromatic carbocycles. The number of methoxy groups -OCH3 is 1. The third-order valence-corrected chi connectivity index (χ3v) is 1.25. The molecule has 0 unspecified atom stereocenters. The Morgan fingerprint density at radius 1 is 1.55 bits per heavy atom. The van der Waals surface area contributed by atoms with Gasteiger partial charge in [0.2, 0.25) is 0 Å². The van der Waals surface area contributed by atoms with Crippen molar-refractivity contribution in [3.63, 3.8) is 0 Å². The van der Waals surface area contributed by atoms with Gasteiger partial charge in [-0.15, -0.1) is 0 Å². The second kappa shape index (κ2) is 4.35. The number of nitriles is 1. The third-order valence-electron chi connectivity index (χ3n) is 1.25. The molecule has 0 aliphatic carbocycles. The van der Waals surface area contributed by atoms with Gasteiger partial charge >= 0.3 is 0 Å². The van der Waals surface area contributed by atoms with Gasteiger partial charge in [0.15, 0.2) is 0 Å². The van der Waals surface area contributed by atoms with Crippen molar-refractivity contribution in [1.82, 2.24) is 0 Å². The molecule has 0 saturated carbocycles.